The summed E-state index contributed by atoms with van der Waals surface area (Å²) in [6.45, 7) is 3.74. The molecule has 0 heterocycles. The fourth-order valence-corrected chi connectivity index (χ4v) is 2.55. The second-order valence-corrected chi connectivity index (χ2v) is 6.16. The Morgan fingerprint density at radius 1 is 1.16 bits per heavy atom. The molecule has 2 rings (SSSR count). The van der Waals surface area contributed by atoms with E-state index >= 15 is 0 Å². The van der Waals surface area contributed by atoms with E-state index in [4.69, 9.17) is 16.3 Å². The molecule has 0 aliphatic heterocycles. The Kier molecular flexibility index (Phi) is 6.42. The Bertz CT molecular complexity index is 760. The molecule has 0 aromatic heterocycles. The summed E-state index contributed by atoms with van der Waals surface area (Å²) >= 11 is 5.79. The van der Waals surface area contributed by atoms with Gasteiger partial charge in [-0.2, -0.15) is 0 Å². The van der Waals surface area contributed by atoms with Crippen LogP contribution in [0.2, 0.25) is 5.02 Å². The van der Waals surface area contributed by atoms with Crippen molar-refractivity contribution < 1.29 is 14.3 Å². The number of carbonyl (C=O) groups is 2. The molecule has 0 saturated heterocycles. The van der Waals surface area contributed by atoms with Crippen LogP contribution in [0.5, 0.6) is 5.75 Å². The molecule has 2 aromatic rings. The van der Waals surface area contributed by atoms with Gasteiger partial charge in [0.1, 0.15) is 5.75 Å². The third-order valence-corrected chi connectivity index (χ3v) is 4.00. The number of aryl methyl sites for hydroxylation is 1. The van der Waals surface area contributed by atoms with Crippen molar-refractivity contribution in [2.45, 2.75) is 19.9 Å². The van der Waals surface area contributed by atoms with Crippen LogP contribution in [0.15, 0.2) is 42.5 Å². The lowest BCUT2D eigenvalue weighted by atomic mass is 10.0. The summed E-state index contributed by atoms with van der Waals surface area (Å²) in [6.07, 6.45) is 0. The SMILES string of the molecule is COc1ccc(C)cc1[C@@H](C)NC(=O)CNC(=O)c1ccc(Cl)cc1. The summed E-state index contributed by atoms with van der Waals surface area (Å²) in [5, 5.41) is 6.00. The van der Waals surface area contributed by atoms with Crippen molar-refractivity contribution in [2.24, 2.45) is 0 Å². The molecule has 2 aromatic carbocycles. The van der Waals surface area contributed by atoms with Gasteiger partial charge in [-0.05, 0) is 44.2 Å². The smallest absolute Gasteiger partial charge is 0.251 e. The van der Waals surface area contributed by atoms with Gasteiger partial charge >= 0.3 is 0 Å². The topological polar surface area (TPSA) is 67.4 Å². The molecule has 5 nitrogen and oxygen atoms in total. The fourth-order valence-electron chi connectivity index (χ4n) is 2.43. The molecule has 0 unspecified atom stereocenters. The van der Waals surface area contributed by atoms with Crippen LogP contribution in [-0.4, -0.2) is 25.5 Å². The summed E-state index contributed by atoms with van der Waals surface area (Å²) in [5.74, 6) is 0.106. The summed E-state index contributed by atoms with van der Waals surface area (Å²) in [6, 6.07) is 12.0. The zero-order chi connectivity index (χ0) is 18.4. The lowest BCUT2D eigenvalue weighted by Crippen LogP contribution is -2.38. The van der Waals surface area contributed by atoms with Gasteiger partial charge in [0, 0.05) is 16.1 Å². The molecule has 132 valence electrons. The van der Waals surface area contributed by atoms with Crippen LogP contribution in [0.4, 0.5) is 0 Å². The molecule has 0 radical (unpaired) electrons. The van der Waals surface area contributed by atoms with E-state index in [1.54, 1.807) is 31.4 Å². The van der Waals surface area contributed by atoms with Gasteiger partial charge in [0.25, 0.3) is 5.91 Å². The first-order valence-electron chi connectivity index (χ1n) is 7.88. The Morgan fingerprint density at radius 3 is 2.48 bits per heavy atom. The minimum absolute atomic E-state index is 0.111. The van der Waals surface area contributed by atoms with E-state index in [0.29, 0.717) is 16.3 Å². The van der Waals surface area contributed by atoms with Crippen LogP contribution < -0.4 is 15.4 Å². The van der Waals surface area contributed by atoms with Gasteiger partial charge in [-0.3, -0.25) is 9.59 Å². The molecule has 0 spiro atoms. The number of benzene rings is 2. The number of ether oxygens (including phenoxy) is 1. The van der Waals surface area contributed by atoms with E-state index < -0.39 is 0 Å². The van der Waals surface area contributed by atoms with E-state index in [9.17, 15) is 9.59 Å². The maximum atomic E-state index is 12.1. The van der Waals surface area contributed by atoms with Crippen molar-refractivity contribution in [2.75, 3.05) is 13.7 Å². The second kappa shape index (κ2) is 8.53. The predicted octanol–water partition coefficient (Wildman–Crippen LogP) is 3.26. The second-order valence-electron chi connectivity index (χ2n) is 5.72. The van der Waals surface area contributed by atoms with E-state index in [2.05, 4.69) is 10.6 Å². The number of rotatable bonds is 6. The van der Waals surface area contributed by atoms with Crippen molar-refractivity contribution in [3.8, 4) is 5.75 Å². The minimum Gasteiger partial charge on any atom is -0.496 e. The van der Waals surface area contributed by atoms with Crippen molar-refractivity contribution >= 4 is 23.4 Å². The van der Waals surface area contributed by atoms with Crippen LogP contribution in [-0.2, 0) is 4.79 Å². The summed E-state index contributed by atoms with van der Waals surface area (Å²) < 4.78 is 5.34. The highest BCUT2D eigenvalue weighted by atomic mass is 35.5. The maximum absolute atomic E-state index is 12.1. The van der Waals surface area contributed by atoms with Gasteiger partial charge in [0.15, 0.2) is 0 Å². The van der Waals surface area contributed by atoms with Crippen molar-refractivity contribution in [1.82, 2.24) is 10.6 Å². The number of halogens is 1. The van der Waals surface area contributed by atoms with Gasteiger partial charge in [-0.15, -0.1) is 0 Å². The Hall–Kier alpha value is -2.53. The molecule has 1 atom stereocenters. The number of nitrogens with one attached hydrogen (secondary N) is 2. The number of carbonyl (C=O) groups excluding carboxylic acids is 2. The van der Waals surface area contributed by atoms with E-state index in [1.165, 1.54) is 0 Å². The zero-order valence-electron chi connectivity index (χ0n) is 14.4. The van der Waals surface area contributed by atoms with Crippen LogP contribution in [0.1, 0.15) is 34.5 Å². The maximum Gasteiger partial charge on any atom is 0.251 e. The highest BCUT2D eigenvalue weighted by molar-refractivity contribution is 6.30. The lowest BCUT2D eigenvalue weighted by molar-refractivity contribution is -0.120. The molecular weight excluding hydrogens is 340 g/mol. The van der Waals surface area contributed by atoms with Gasteiger partial charge in [-0.25, -0.2) is 0 Å². The third-order valence-electron chi connectivity index (χ3n) is 3.75. The molecule has 0 saturated carbocycles. The lowest BCUT2D eigenvalue weighted by Gasteiger charge is -2.18. The zero-order valence-corrected chi connectivity index (χ0v) is 15.2. The van der Waals surface area contributed by atoms with Gasteiger partial charge in [0.05, 0.1) is 19.7 Å². The predicted molar refractivity (Wildman–Crippen MR) is 98.1 cm³/mol. The van der Waals surface area contributed by atoms with E-state index in [1.807, 2.05) is 32.0 Å². The van der Waals surface area contributed by atoms with E-state index in [0.717, 1.165) is 11.1 Å². The van der Waals surface area contributed by atoms with Crippen molar-refractivity contribution in [1.29, 1.82) is 0 Å². The number of amides is 2. The van der Waals surface area contributed by atoms with Crippen LogP contribution in [0, 0.1) is 6.92 Å². The molecule has 0 fully saturated rings. The Balaban J connectivity index is 1.92. The normalized spacial score (nSPS) is 11.5. The molecular formula is C19H21ClN2O3. The minimum atomic E-state index is -0.326. The summed E-state index contributed by atoms with van der Waals surface area (Å²) in [5.41, 5.74) is 2.42. The van der Waals surface area contributed by atoms with Gasteiger partial charge < -0.3 is 15.4 Å². The van der Waals surface area contributed by atoms with Crippen molar-refractivity contribution in [3.05, 3.63) is 64.2 Å². The number of hydrogen-bond acceptors (Lipinski definition) is 3. The highest BCUT2D eigenvalue weighted by Gasteiger charge is 2.15. The average molecular weight is 361 g/mol. The van der Waals surface area contributed by atoms with E-state index in [-0.39, 0.29) is 24.4 Å². The molecule has 0 bridgehead atoms. The monoisotopic (exact) mass is 360 g/mol. The quantitative estimate of drug-likeness (QED) is 0.830. The third kappa shape index (κ3) is 5.22. The first-order valence-corrected chi connectivity index (χ1v) is 8.26. The van der Waals surface area contributed by atoms with Crippen LogP contribution in [0.25, 0.3) is 0 Å². The molecule has 0 aliphatic carbocycles. The molecule has 2 amide bonds. The Labute approximate surface area is 152 Å². The Morgan fingerprint density at radius 2 is 1.84 bits per heavy atom. The van der Waals surface area contributed by atoms with Gasteiger partial charge in [-0.1, -0.05) is 29.3 Å². The molecule has 25 heavy (non-hydrogen) atoms. The first-order chi connectivity index (χ1) is 11.9. The number of methoxy groups -OCH3 is 1. The van der Waals surface area contributed by atoms with Crippen molar-refractivity contribution in [3.63, 3.8) is 0 Å². The van der Waals surface area contributed by atoms with Gasteiger partial charge in [0.2, 0.25) is 5.91 Å². The molecule has 6 heteroatoms. The van der Waals surface area contributed by atoms with Crippen LogP contribution >= 0.6 is 11.6 Å². The molecule has 2 N–H and O–H groups in total. The summed E-state index contributed by atoms with van der Waals surface area (Å²) in [7, 11) is 1.59. The average Bonchev–Trinajstić information content (AvgIpc) is 2.60. The number of hydrogen-bond donors (Lipinski definition) is 2. The first kappa shape index (κ1) is 18.8. The standard InChI is InChI=1S/C19H21ClN2O3/c1-12-4-9-17(25-3)16(10-12)13(2)22-18(23)11-21-19(24)14-5-7-15(20)8-6-14/h4-10,13H,11H2,1-3H3,(H,21,24)(H,22,23)/t13-/m1/s1. The summed E-state index contributed by atoms with van der Waals surface area (Å²) in [4.78, 5) is 24.1. The van der Waals surface area contributed by atoms with Crippen LogP contribution in [0.3, 0.4) is 0 Å². The largest absolute Gasteiger partial charge is 0.496 e. The fraction of sp³-hybridized carbons (Fsp3) is 0.263. The highest BCUT2D eigenvalue weighted by Crippen LogP contribution is 2.25. The molecule has 0 aliphatic rings.